The number of thiol groups is 1. The van der Waals surface area contributed by atoms with Gasteiger partial charge < -0.3 is 10.0 Å². The monoisotopic (exact) mass is 285 g/mol. The molecule has 104 valence electrons. The van der Waals surface area contributed by atoms with Gasteiger partial charge in [-0.3, -0.25) is 4.79 Å². The van der Waals surface area contributed by atoms with Crippen molar-refractivity contribution in [1.82, 2.24) is 4.90 Å². The number of carbonyl (C=O) groups excluding carboxylic acids is 1. The molecule has 0 aromatic carbocycles. The molecule has 1 rings (SSSR count). The smallest absolute Gasteiger partial charge is 0.401 e. The molecule has 0 spiro atoms. The Morgan fingerprint density at radius 2 is 2.00 bits per heavy atom. The van der Waals surface area contributed by atoms with Crippen LogP contribution in [0.4, 0.5) is 13.2 Å². The first-order valence-corrected chi connectivity index (χ1v) is 6.13. The van der Waals surface area contributed by atoms with E-state index in [9.17, 15) is 22.8 Å². The summed E-state index contributed by atoms with van der Waals surface area (Å²) in [6.07, 6.45) is -3.39. The zero-order chi connectivity index (χ0) is 13.9. The van der Waals surface area contributed by atoms with Crippen LogP contribution in [0.5, 0.6) is 0 Å². The molecule has 1 heterocycles. The number of nitrogens with zero attached hydrogens (tertiary/aromatic N) is 1. The summed E-state index contributed by atoms with van der Waals surface area (Å²) in [5.41, 5.74) is 0. The van der Waals surface area contributed by atoms with Crippen LogP contribution in [-0.4, -0.2) is 46.4 Å². The molecule has 0 aromatic rings. The third kappa shape index (κ3) is 3.30. The van der Waals surface area contributed by atoms with E-state index in [2.05, 4.69) is 12.6 Å². The van der Waals surface area contributed by atoms with Gasteiger partial charge in [0, 0.05) is 12.3 Å². The maximum Gasteiger partial charge on any atom is 0.401 e. The normalized spacial score (nSPS) is 22.7. The Kier molecular flexibility index (Phi) is 4.89. The molecule has 1 aliphatic heterocycles. The molecule has 0 aliphatic carbocycles. The molecule has 0 radical (unpaired) electrons. The fourth-order valence-corrected chi connectivity index (χ4v) is 2.34. The van der Waals surface area contributed by atoms with E-state index in [1.807, 2.05) is 0 Å². The van der Waals surface area contributed by atoms with Crippen LogP contribution >= 0.6 is 12.6 Å². The van der Waals surface area contributed by atoms with Crippen molar-refractivity contribution in [1.29, 1.82) is 0 Å². The molecule has 2 atom stereocenters. The van der Waals surface area contributed by atoms with Crippen LogP contribution in [0, 0.1) is 5.92 Å². The highest BCUT2D eigenvalue weighted by Crippen LogP contribution is 2.31. The Hall–Kier alpha value is -0.920. The van der Waals surface area contributed by atoms with E-state index < -0.39 is 35.8 Å². The van der Waals surface area contributed by atoms with Crippen molar-refractivity contribution in [3.63, 3.8) is 0 Å². The summed E-state index contributed by atoms with van der Waals surface area (Å²) < 4.78 is 37.8. The molecule has 0 saturated carbocycles. The number of hydrogen-bond donors (Lipinski definition) is 2. The van der Waals surface area contributed by atoms with Crippen molar-refractivity contribution >= 4 is 24.5 Å². The van der Waals surface area contributed by atoms with Gasteiger partial charge in [0.25, 0.3) is 0 Å². The van der Waals surface area contributed by atoms with E-state index in [4.69, 9.17) is 5.11 Å². The van der Waals surface area contributed by atoms with Crippen molar-refractivity contribution < 1.29 is 27.9 Å². The van der Waals surface area contributed by atoms with E-state index in [1.165, 1.54) is 0 Å². The lowest BCUT2D eigenvalue weighted by molar-refractivity contribution is -0.188. The van der Waals surface area contributed by atoms with Crippen molar-refractivity contribution in [2.24, 2.45) is 5.92 Å². The zero-order valence-corrected chi connectivity index (χ0v) is 10.4. The Morgan fingerprint density at radius 1 is 1.39 bits per heavy atom. The molecule has 1 N–H and O–H groups in total. The number of rotatable bonds is 3. The highest BCUT2D eigenvalue weighted by atomic mass is 32.1. The summed E-state index contributed by atoms with van der Waals surface area (Å²) in [6.45, 7) is 0.0517. The standard InChI is InChI=1S/C10H14F3NO3S/c11-10(12,13)6(5-18)8(15)14-4-2-1-3-7(14)9(16)17/h6-7,18H,1-5H2,(H,16,17). The Balaban J connectivity index is 2.89. The van der Waals surface area contributed by atoms with E-state index in [0.717, 1.165) is 4.90 Å². The van der Waals surface area contributed by atoms with Gasteiger partial charge in [0.1, 0.15) is 12.0 Å². The minimum Gasteiger partial charge on any atom is -0.480 e. The van der Waals surface area contributed by atoms with Gasteiger partial charge in [-0.25, -0.2) is 4.79 Å². The van der Waals surface area contributed by atoms with Crippen molar-refractivity contribution in [2.45, 2.75) is 31.5 Å². The number of carbonyl (C=O) groups is 2. The highest BCUT2D eigenvalue weighted by molar-refractivity contribution is 7.80. The van der Waals surface area contributed by atoms with Crippen LogP contribution in [0.2, 0.25) is 0 Å². The average molecular weight is 285 g/mol. The lowest BCUT2D eigenvalue weighted by atomic mass is 9.99. The minimum absolute atomic E-state index is 0.0517. The lowest BCUT2D eigenvalue weighted by Crippen LogP contribution is -2.52. The van der Waals surface area contributed by atoms with Crippen molar-refractivity contribution in [3.8, 4) is 0 Å². The number of carboxylic acid groups (broad SMARTS) is 1. The Labute approximate surface area is 108 Å². The molecule has 4 nitrogen and oxygen atoms in total. The van der Waals surface area contributed by atoms with Crippen LogP contribution < -0.4 is 0 Å². The van der Waals surface area contributed by atoms with Gasteiger partial charge in [-0.2, -0.15) is 25.8 Å². The Bertz CT molecular complexity index is 335. The quantitative estimate of drug-likeness (QED) is 0.774. The van der Waals surface area contributed by atoms with Gasteiger partial charge in [0.2, 0.25) is 5.91 Å². The molecular weight excluding hydrogens is 271 g/mol. The molecule has 8 heteroatoms. The van der Waals surface area contributed by atoms with E-state index in [1.54, 1.807) is 0 Å². The predicted molar refractivity (Wildman–Crippen MR) is 60.4 cm³/mol. The SMILES string of the molecule is O=C(O)C1CCCCN1C(=O)C(CS)C(F)(F)F. The zero-order valence-electron chi connectivity index (χ0n) is 9.48. The number of aliphatic carboxylic acids is 1. The number of amides is 1. The molecule has 1 saturated heterocycles. The first kappa shape index (κ1) is 15.1. The maximum atomic E-state index is 12.6. The van der Waals surface area contributed by atoms with Gasteiger partial charge >= 0.3 is 12.1 Å². The number of alkyl halides is 3. The molecule has 0 aromatic heterocycles. The molecular formula is C10H14F3NO3S. The third-order valence-corrected chi connectivity index (χ3v) is 3.31. The van der Waals surface area contributed by atoms with Crippen LogP contribution in [0.1, 0.15) is 19.3 Å². The minimum atomic E-state index is -4.70. The van der Waals surface area contributed by atoms with Crippen LogP contribution in [0.15, 0.2) is 0 Å². The van der Waals surface area contributed by atoms with Crippen molar-refractivity contribution in [2.75, 3.05) is 12.3 Å². The first-order valence-electron chi connectivity index (χ1n) is 5.50. The predicted octanol–water partition coefficient (Wildman–Crippen LogP) is 1.56. The largest absolute Gasteiger partial charge is 0.480 e. The number of piperidine rings is 1. The second-order valence-electron chi connectivity index (χ2n) is 4.16. The number of carboxylic acids is 1. The van der Waals surface area contributed by atoms with Crippen LogP contribution in [-0.2, 0) is 9.59 Å². The Morgan fingerprint density at radius 3 is 2.44 bits per heavy atom. The topological polar surface area (TPSA) is 57.6 Å². The number of likely N-dealkylation sites (tertiary alicyclic amines) is 1. The van der Waals surface area contributed by atoms with E-state index in [0.29, 0.717) is 12.8 Å². The van der Waals surface area contributed by atoms with Gasteiger partial charge in [0.05, 0.1) is 0 Å². The third-order valence-electron chi connectivity index (χ3n) is 2.95. The summed E-state index contributed by atoms with van der Waals surface area (Å²) in [6, 6.07) is -1.16. The summed E-state index contributed by atoms with van der Waals surface area (Å²) >= 11 is 3.53. The second-order valence-corrected chi connectivity index (χ2v) is 4.52. The molecule has 18 heavy (non-hydrogen) atoms. The molecule has 1 amide bonds. The summed E-state index contributed by atoms with van der Waals surface area (Å²) in [5, 5.41) is 8.92. The van der Waals surface area contributed by atoms with Gasteiger partial charge in [-0.1, -0.05) is 0 Å². The highest BCUT2D eigenvalue weighted by Gasteiger charge is 2.47. The van der Waals surface area contributed by atoms with Crippen molar-refractivity contribution in [3.05, 3.63) is 0 Å². The molecule has 0 bridgehead atoms. The van der Waals surface area contributed by atoms with Crippen LogP contribution in [0.3, 0.4) is 0 Å². The average Bonchev–Trinajstić information content (AvgIpc) is 2.27. The summed E-state index contributed by atoms with van der Waals surface area (Å²) in [5.74, 6) is -5.36. The summed E-state index contributed by atoms with van der Waals surface area (Å²) in [7, 11) is 0. The maximum absolute atomic E-state index is 12.6. The fourth-order valence-electron chi connectivity index (χ4n) is 1.97. The molecule has 1 aliphatic rings. The van der Waals surface area contributed by atoms with E-state index in [-0.39, 0.29) is 13.0 Å². The summed E-state index contributed by atoms with van der Waals surface area (Å²) in [4.78, 5) is 23.5. The van der Waals surface area contributed by atoms with Gasteiger partial charge in [-0.05, 0) is 19.3 Å². The number of hydrogen-bond acceptors (Lipinski definition) is 3. The van der Waals surface area contributed by atoms with E-state index >= 15 is 0 Å². The molecule has 1 fully saturated rings. The van der Waals surface area contributed by atoms with Crippen LogP contribution in [0.25, 0.3) is 0 Å². The van der Waals surface area contributed by atoms with Gasteiger partial charge in [-0.15, -0.1) is 0 Å². The fraction of sp³-hybridized carbons (Fsp3) is 0.800. The van der Waals surface area contributed by atoms with Gasteiger partial charge in [0.15, 0.2) is 0 Å². The number of halogens is 3. The second kappa shape index (κ2) is 5.81. The lowest BCUT2D eigenvalue weighted by Gasteiger charge is -2.35. The molecule has 2 unspecified atom stereocenters. The first-order chi connectivity index (χ1) is 8.29.